The summed E-state index contributed by atoms with van der Waals surface area (Å²) in [6.45, 7) is 0. The summed E-state index contributed by atoms with van der Waals surface area (Å²) in [6.07, 6.45) is 0. The van der Waals surface area contributed by atoms with E-state index in [0.717, 1.165) is 0 Å². The molecular formula is C17H9NO4. The maximum Gasteiger partial charge on any atom is 0.364 e. The van der Waals surface area contributed by atoms with Crippen molar-refractivity contribution < 1.29 is 19.1 Å². The smallest absolute Gasteiger partial charge is 0.364 e. The van der Waals surface area contributed by atoms with Gasteiger partial charge in [-0.15, -0.1) is 0 Å². The summed E-state index contributed by atoms with van der Waals surface area (Å²) in [6, 6.07) is 15.9. The van der Waals surface area contributed by atoms with Gasteiger partial charge in [-0.3, -0.25) is 0 Å². The average Bonchev–Trinajstić information content (AvgIpc) is 3.09. The van der Waals surface area contributed by atoms with Gasteiger partial charge >= 0.3 is 11.9 Å². The van der Waals surface area contributed by atoms with Gasteiger partial charge in [0.15, 0.2) is 5.71 Å². The lowest BCUT2D eigenvalue weighted by Gasteiger charge is -1.99. The molecule has 2 aromatic rings. The minimum Gasteiger partial charge on any atom is -0.416 e. The van der Waals surface area contributed by atoms with Gasteiger partial charge in [-0.25, -0.2) is 14.6 Å². The molecule has 0 saturated carbocycles. The third-order valence-electron chi connectivity index (χ3n) is 3.42. The van der Waals surface area contributed by atoms with Gasteiger partial charge in [0, 0.05) is 11.1 Å². The van der Waals surface area contributed by atoms with Crippen LogP contribution in [0.4, 0.5) is 0 Å². The molecular weight excluding hydrogens is 282 g/mol. The lowest BCUT2D eigenvalue weighted by atomic mass is 10.1. The van der Waals surface area contributed by atoms with Gasteiger partial charge in [0.1, 0.15) is 0 Å². The second-order valence-electron chi connectivity index (χ2n) is 4.79. The van der Waals surface area contributed by atoms with Crippen LogP contribution in [0.1, 0.15) is 21.5 Å². The Morgan fingerprint density at radius 3 is 2.18 bits per heavy atom. The molecule has 0 saturated heterocycles. The number of benzene rings is 2. The van der Waals surface area contributed by atoms with Gasteiger partial charge < -0.3 is 9.47 Å². The third-order valence-corrected chi connectivity index (χ3v) is 3.42. The van der Waals surface area contributed by atoms with Crippen molar-refractivity contribution in [1.82, 2.24) is 0 Å². The highest BCUT2D eigenvalue weighted by Gasteiger charge is 2.34. The Kier molecular flexibility index (Phi) is 2.66. The zero-order valence-corrected chi connectivity index (χ0v) is 11.3. The summed E-state index contributed by atoms with van der Waals surface area (Å²) >= 11 is 0. The number of cyclic esters (lactones) is 2. The van der Waals surface area contributed by atoms with Gasteiger partial charge in [-0.1, -0.05) is 48.5 Å². The highest BCUT2D eigenvalue weighted by atomic mass is 16.6. The van der Waals surface area contributed by atoms with E-state index < -0.39 is 11.9 Å². The monoisotopic (exact) mass is 291 g/mol. The second-order valence-corrected chi connectivity index (χ2v) is 4.79. The van der Waals surface area contributed by atoms with Gasteiger partial charge in [0.2, 0.25) is 5.76 Å². The molecule has 2 aromatic carbocycles. The molecule has 2 heterocycles. The van der Waals surface area contributed by atoms with E-state index in [0.29, 0.717) is 16.7 Å². The molecule has 0 radical (unpaired) electrons. The van der Waals surface area contributed by atoms with Crippen molar-refractivity contribution in [3.05, 3.63) is 77.2 Å². The molecule has 5 heteroatoms. The number of fused-ring (bicyclic) bond motifs is 1. The maximum atomic E-state index is 12.0. The second kappa shape index (κ2) is 4.66. The molecule has 4 rings (SSSR count). The van der Waals surface area contributed by atoms with Gasteiger partial charge in [-0.05, 0) is 6.07 Å². The highest BCUT2D eigenvalue weighted by Crippen LogP contribution is 2.34. The zero-order chi connectivity index (χ0) is 15.1. The van der Waals surface area contributed by atoms with Crippen molar-refractivity contribution >= 4 is 23.4 Å². The molecule has 0 fully saturated rings. The summed E-state index contributed by atoms with van der Waals surface area (Å²) in [5.74, 6) is -0.839. The first-order valence-corrected chi connectivity index (χ1v) is 6.66. The standard InChI is InChI=1S/C17H9NO4/c19-16-12-9-5-4-8-11(12)14(21-16)15-18-13(17(20)22-15)10-6-2-1-3-7-10/h1-9H. The van der Waals surface area contributed by atoms with Gasteiger partial charge in [0.05, 0.1) is 5.56 Å². The van der Waals surface area contributed by atoms with Crippen molar-refractivity contribution in [3.8, 4) is 0 Å². The van der Waals surface area contributed by atoms with Gasteiger partial charge in [-0.2, -0.15) is 0 Å². The van der Waals surface area contributed by atoms with Crippen LogP contribution in [0.25, 0.3) is 5.76 Å². The first-order valence-electron chi connectivity index (χ1n) is 6.66. The lowest BCUT2D eigenvalue weighted by Crippen LogP contribution is -2.11. The highest BCUT2D eigenvalue weighted by molar-refractivity contribution is 6.45. The zero-order valence-electron chi connectivity index (χ0n) is 11.3. The lowest BCUT2D eigenvalue weighted by molar-refractivity contribution is -0.130. The SMILES string of the molecule is O=C1OC(=C2OC(=O)c3ccccc32)N=C1c1ccccc1. The Bertz CT molecular complexity index is 865. The Labute approximate surface area is 125 Å². The third kappa shape index (κ3) is 1.83. The number of ether oxygens (including phenoxy) is 2. The summed E-state index contributed by atoms with van der Waals surface area (Å²) in [5, 5.41) is 0. The number of hydrogen-bond acceptors (Lipinski definition) is 5. The number of aliphatic imine (C=N–C) groups is 1. The van der Waals surface area contributed by atoms with E-state index in [2.05, 4.69) is 4.99 Å². The first kappa shape index (κ1) is 12.5. The van der Waals surface area contributed by atoms with Crippen molar-refractivity contribution in [2.24, 2.45) is 4.99 Å². The fraction of sp³-hybridized carbons (Fsp3) is 0. The summed E-state index contributed by atoms with van der Waals surface area (Å²) in [7, 11) is 0. The molecule has 22 heavy (non-hydrogen) atoms. The largest absolute Gasteiger partial charge is 0.416 e. The predicted molar refractivity (Wildman–Crippen MR) is 77.8 cm³/mol. The molecule has 0 N–H and O–H groups in total. The molecule has 0 atom stereocenters. The van der Waals surface area contributed by atoms with Crippen LogP contribution < -0.4 is 0 Å². The normalized spacial score (nSPS) is 19.5. The fourth-order valence-corrected chi connectivity index (χ4v) is 2.40. The van der Waals surface area contributed by atoms with E-state index in [1.807, 2.05) is 6.07 Å². The fourth-order valence-electron chi connectivity index (χ4n) is 2.40. The minimum absolute atomic E-state index is 0.0159. The summed E-state index contributed by atoms with van der Waals surface area (Å²) < 4.78 is 10.4. The maximum absolute atomic E-state index is 12.0. The van der Waals surface area contributed by atoms with Crippen molar-refractivity contribution in [1.29, 1.82) is 0 Å². The predicted octanol–water partition coefficient (Wildman–Crippen LogP) is 2.53. The van der Waals surface area contributed by atoms with Crippen LogP contribution in [0.2, 0.25) is 0 Å². The van der Waals surface area contributed by atoms with Crippen LogP contribution in [-0.4, -0.2) is 17.7 Å². The van der Waals surface area contributed by atoms with Crippen LogP contribution in [0.5, 0.6) is 0 Å². The minimum atomic E-state index is -0.561. The van der Waals surface area contributed by atoms with Crippen molar-refractivity contribution in [3.63, 3.8) is 0 Å². The number of rotatable bonds is 1. The average molecular weight is 291 g/mol. The summed E-state index contributed by atoms with van der Waals surface area (Å²) in [4.78, 5) is 28.0. The van der Waals surface area contributed by atoms with Crippen LogP contribution in [0, 0.1) is 0 Å². The Morgan fingerprint density at radius 2 is 1.41 bits per heavy atom. The quantitative estimate of drug-likeness (QED) is 0.757. The van der Waals surface area contributed by atoms with E-state index in [1.165, 1.54) is 0 Å². The van der Waals surface area contributed by atoms with E-state index in [1.54, 1.807) is 48.5 Å². The van der Waals surface area contributed by atoms with Crippen LogP contribution in [0.15, 0.2) is 65.5 Å². The van der Waals surface area contributed by atoms with Crippen molar-refractivity contribution in [2.75, 3.05) is 0 Å². The Balaban J connectivity index is 1.84. The molecule has 2 aliphatic heterocycles. The molecule has 0 spiro atoms. The topological polar surface area (TPSA) is 65.0 Å². The van der Waals surface area contributed by atoms with E-state index in [9.17, 15) is 9.59 Å². The molecule has 5 nitrogen and oxygen atoms in total. The van der Waals surface area contributed by atoms with E-state index in [4.69, 9.17) is 9.47 Å². The number of esters is 2. The molecule has 0 aromatic heterocycles. The van der Waals surface area contributed by atoms with Gasteiger partial charge in [0.25, 0.3) is 5.88 Å². The molecule has 2 aliphatic rings. The molecule has 0 unspecified atom stereocenters. The first-order chi connectivity index (χ1) is 10.7. The Hall–Kier alpha value is -3.21. The molecule has 106 valence electrons. The van der Waals surface area contributed by atoms with Crippen LogP contribution >= 0.6 is 0 Å². The Morgan fingerprint density at radius 1 is 0.727 bits per heavy atom. The molecule has 0 aliphatic carbocycles. The van der Waals surface area contributed by atoms with E-state index in [-0.39, 0.29) is 17.4 Å². The summed E-state index contributed by atoms with van der Waals surface area (Å²) in [5.41, 5.74) is 1.86. The molecule has 0 amide bonds. The number of carbonyl (C=O) groups excluding carboxylic acids is 2. The number of carbonyl (C=O) groups is 2. The molecule has 0 bridgehead atoms. The van der Waals surface area contributed by atoms with Crippen LogP contribution in [0.3, 0.4) is 0 Å². The number of nitrogens with zero attached hydrogens (tertiary/aromatic N) is 1. The van der Waals surface area contributed by atoms with E-state index >= 15 is 0 Å². The number of hydrogen-bond donors (Lipinski definition) is 0. The van der Waals surface area contributed by atoms with Crippen molar-refractivity contribution in [2.45, 2.75) is 0 Å². The van der Waals surface area contributed by atoms with Crippen LogP contribution in [-0.2, 0) is 14.3 Å².